The Bertz CT molecular complexity index is 1150. The van der Waals surface area contributed by atoms with Crippen LogP contribution in [0.3, 0.4) is 0 Å². The van der Waals surface area contributed by atoms with Gasteiger partial charge in [-0.1, -0.05) is 67.3 Å². The van der Waals surface area contributed by atoms with Gasteiger partial charge >= 0.3 is 0 Å². The van der Waals surface area contributed by atoms with Crippen LogP contribution in [0.15, 0.2) is 52.9 Å². The van der Waals surface area contributed by atoms with Crippen LogP contribution in [0, 0.1) is 24.2 Å². The number of aryl methyl sites for hydroxylation is 1. The van der Waals surface area contributed by atoms with Gasteiger partial charge in [0.05, 0.1) is 11.6 Å². The average molecular weight is 480 g/mol. The van der Waals surface area contributed by atoms with Crippen LogP contribution < -0.4 is 10.6 Å². The van der Waals surface area contributed by atoms with Crippen molar-refractivity contribution in [3.05, 3.63) is 70.8 Å². The van der Waals surface area contributed by atoms with Crippen molar-refractivity contribution >= 4 is 40.0 Å². The molecular formula is C24H25N5O2S2. The number of anilines is 1. The number of thioether (sulfide) groups is 1. The molecular weight excluding hydrogens is 454 g/mol. The Morgan fingerprint density at radius 3 is 2.52 bits per heavy atom. The van der Waals surface area contributed by atoms with Gasteiger partial charge in [0.2, 0.25) is 11.0 Å². The Balaban J connectivity index is 1.61. The van der Waals surface area contributed by atoms with Gasteiger partial charge in [0, 0.05) is 11.3 Å². The molecule has 0 saturated carbocycles. The normalized spacial score (nSPS) is 11.6. The number of nitrogens with one attached hydrogen (secondary N) is 2. The van der Waals surface area contributed by atoms with E-state index in [1.807, 2.05) is 45.0 Å². The number of hydrogen-bond donors (Lipinski definition) is 2. The summed E-state index contributed by atoms with van der Waals surface area (Å²) in [5, 5.41) is 23.1. The van der Waals surface area contributed by atoms with E-state index in [1.54, 1.807) is 24.3 Å². The Morgan fingerprint density at radius 1 is 1.12 bits per heavy atom. The molecule has 2 aromatic carbocycles. The summed E-state index contributed by atoms with van der Waals surface area (Å²) in [5.41, 5.74) is 3.09. The lowest BCUT2D eigenvalue weighted by atomic mass is 10.0. The van der Waals surface area contributed by atoms with Gasteiger partial charge in [-0.05, 0) is 48.6 Å². The smallest absolute Gasteiger partial charge is 0.252 e. The van der Waals surface area contributed by atoms with Crippen molar-refractivity contribution in [2.45, 2.75) is 43.3 Å². The first-order chi connectivity index (χ1) is 15.9. The van der Waals surface area contributed by atoms with E-state index in [0.29, 0.717) is 28.4 Å². The van der Waals surface area contributed by atoms with Gasteiger partial charge in [-0.3, -0.25) is 14.9 Å². The Labute approximate surface area is 201 Å². The van der Waals surface area contributed by atoms with Gasteiger partial charge < -0.3 is 5.32 Å². The molecule has 1 atom stereocenters. The van der Waals surface area contributed by atoms with Crippen molar-refractivity contribution < 1.29 is 9.59 Å². The van der Waals surface area contributed by atoms with Crippen LogP contribution in [0.25, 0.3) is 0 Å². The first-order valence-corrected chi connectivity index (χ1v) is 12.3. The molecule has 1 aromatic heterocycles. The van der Waals surface area contributed by atoms with Crippen molar-refractivity contribution in [2.24, 2.45) is 5.92 Å². The molecule has 0 saturated heterocycles. The van der Waals surface area contributed by atoms with Crippen LogP contribution >= 0.6 is 23.1 Å². The molecule has 2 N–H and O–H groups in total. The van der Waals surface area contributed by atoms with Crippen LogP contribution in [-0.4, -0.2) is 28.1 Å². The lowest BCUT2D eigenvalue weighted by Gasteiger charge is -2.20. The third-order valence-corrected chi connectivity index (χ3v) is 6.84. The standard InChI is InChI=1S/C24H25N5O2S2/c1-15(2)12-20(26-21(30)19-7-5-4-6-16(19)3)22(31)27-23-28-29-24(33-23)32-14-18-10-8-17(13-25)9-11-18/h4-11,15,20H,12,14H2,1-3H3,(H,26,30)(H,27,28,31)/t20-/m1/s1. The lowest BCUT2D eigenvalue weighted by Crippen LogP contribution is -2.44. The topological polar surface area (TPSA) is 108 Å². The quantitative estimate of drug-likeness (QED) is 0.337. The summed E-state index contributed by atoms with van der Waals surface area (Å²) < 4.78 is 0.721. The Kier molecular flexibility index (Phi) is 8.58. The molecule has 1 heterocycles. The SMILES string of the molecule is Cc1ccccc1C(=O)N[C@H](CC(C)C)C(=O)Nc1nnc(SCc2ccc(C#N)cc2)s1. The zero-order chi connectivity index (χ0) is 23.8. The molecule has 0 aliphatic rings. The van der Waals surface area contributed by atoms with Crippen molar-refractivity contribution in [1.82, 2.24) is 15.5 Å². The number of benzene rings is 2. The highest BCUT2D eigenvalue weighted by atomic mass is 32.2. The van der Waals surface area contributed by atoms with E-state index in [1.165, 1.54) is 23.1 Å². The third kappa shape index (κ3) is 7.14. The zero-order valence-electron chi connectivity index (χ0n) is 18.7. The van der Waals surface area contributed by atoms with Crippen LogP contribution in [0.5, 0.6) is 0 Å². The maximum atomic E-state index is 12.9. The van der Waals surface area contributed by atoms with Crippen molar-refractivity contribution in [1.29, 1.82) is 5.26 Å². The second-order valence-electron chi connectivity index (χ2n) is 7.93. The number of amides is 2. The molecule has 3 aromatic rings. The third-order valence-electron chi connectivity index (χ3n) is 4.80. The maximum absolute atomic E-state index is 12.9. The van der Waals surface area contributed by atoms with Gasteiger partial charge in [-0.25, -0.2) is 0 Å². The molecule has 0 spiro atoms. The molecule has 0 aliphatic carbocycles. The molecule has 9 heteroatoms. The minimum absolute atomic E-state index is 0.214. The predicted molar refractivity (Wildman–Crippen MR) is 131 cm³/mol. The van der Waals surface area contributed by atoms with E-state index >= 15 is 0 Å². The van der Waals surface area contributed by atoms with Crippen molar-refractivity contribution in [3.8, 4) is 6.07 Å². The minimum Gasteiger partial charge on any atom is -0.340 e. The van der Waals surface area contributed by atoms with Crippen LogP contribution in [-0.2, 0) is 10.5 Å². The molecule has 0 aliphatic heterocycles. The molecule has 0 unspecified atom stereocenters. The number of nitrogens with zero attached hydrogens (tertiary/aromatic N) is 3. The number of carbonyl (C=O) groups excluding carboxylic acids is 2. The number of aromatic nitrogens is 2. The summed E-state index contributed by atoms with van der Waals surface area (Å²) in [4.78, 5) is 25.7. The van der Waals surface area contributed by atoms with Gasteiger partial charge in [0.15, 0.2) is 4.34 Å². The summed E-state index contributed by atoms with van der Waals surface area (Å²) in [6, 6.07) is 16.1. The number of carbonyl (C=O) groups is 2. The van der Waals surface area contributed by atoms with Gasteiger partial charge in [-0.2, -0.15) is 5.26 Å². The summed E-state index contributed by atoms with van der Waals surface area (Å²) in [6.07, 6.45) is 0.503. The largest absolute Gasteiger partial charge is 0.340 e. The van der Waals surface area contributed by atoms with Crippen LogP contribution in [0.1, 0.15) is 47.3 Å². The Hall–Kier alpha value is -3.22. The van der Waals surface area contributed by atoms with E-state index in [0.717, 1.165) is 15.5 Å². The summed E-state index contributed by atoms with van der Waals surface area (Å²) in [5.74, 6) is 0.303. The monoisotopic (exact) mass is 479 g/mol. The van der Waals surface area contributed by atoms with Gasteiger partial charge in [0.25, 0.3) is 5.91 Å². The second kappa shape index (κ2) is 11.6. The summed E-state index contributed by atoms with van der Waals surface area (Å²) in [7, 11) is 0. The minimum atomic E-state index is -0.684. The zero-order valence-corrected chi connectivity index (χ0v) is 20.3. The van der Waals surface area contributed by atoms with Crippen molar-refractivity contribution in [2.75, 3.05) is 5.32 Å². The highest BCUT2D eigenvalue weighted by molar-refractivity contribution is 8.00. The maximum Gasteiger partial charge on any atom is 0.252 e. The fourth-order valence-electron chi connectivity index (χ4n) is 3.10. The second-order valence-corrected chi connectivity index (χ2v) is 10.1. The van der Waals surface area contributed by atoms with Crippen LogP contribution in [0.4, 0.5) is 5.13 Å². The summed E-state index contributed by atoms with van der Waals surface area (Å²) >= 11 is 2.79. The Morgan fingerprint density at radius 2 is 1.85 bits per heavy atom. The first kappa shape index (κ1) is 24.4. The number of hydrogen-bond acceptors (Lipinski definition) is 7. The molecule has 170 valence electrons. The fourth-order valence-corrected chi connectivity index (χ4v) is 4.81. The number of nitriles is 1. The molecule has 0 radical (unpaired) electrons. The highest BCUT2D eigenvalue weighted by Crippen LogP contribution is 2.28. The van der Waals surface area contributed by atoms with E-state index in [4.69, 9.17) is 5.26 Å². The molecule has 0 fully saturated rings. The van der Waals surface area contributed by atoms with E-state index in [-0.39, 0.29) is 17.7 Å². The molecule has 0 bridgehead atoms. The van der Waals surface area contributed by atoms with Crippen molar-refractivity contribution in [3.63, 3.8) is 0 Å². The predicted octanol–water partition coefficient (Wildman–Crippen LogP) is 4.79. The fraction of sp³-hybridized carbons (Fsp3) is 0.292. The van der Waals surface area contributed by atoms with E-state index in [9.17, 15) is 9.59 Å². The first-order valence-electron chi connectivity index (χ1n) is 10.5. The lowest BCUT2D eigenvalue weighted by molar-refractivity contribution is -0.118. The average Bonchev–Trinajstić information content (AvgIpc) is 3.24. The molecule has 7 nitrogen and oxygen atoms in total. The molecule has 33 heavy (non-hydrogen) atoms. The molecule has 3 rings (SSSR count). The van der Waals surface area contributed by atoms with Gasteiger partial charge in [-0.15, -0.1) is 10.2 Å². The van der Waals surface area contributed by atoms with Gasteiger partial charge in [0.1, 0.15) is 6.04 Å². The van der Waals surface area contributed by atoms with E-state index in [2.05, 4.69) is 26.9 Å². The molecule has 2 amide bonds. The summed E-state index contributed by atoms with van der Waals surface area (Å²) in [6.45, 7) is 5.87. The van der Waals surface area contributed by atoms with Crippen LogP contribution in [0.2, 0.25) is 0 Å². The van der Waals surface area contributed by atoms with E-state index < -0.39 is 6.04 Å². The number of rotatable bonds is 9. The highest BCUT2D eigenvalue weighted by Gasteiger charge is 2.24.